The van der Waals surface area contributed by atoms with E-state index in [0.717, 1.165) is 32.1 Å². The van der Waals surface area contributed by atoms with Crippen LogP contribution in [0, 0.1) is 0 Å². The fraction of sp³-hybridized carbons (Fsp3) is 0.500. The molecule has 140 valence electrons. The fourth-order valence-electron chi connectivity index (χ4n) is 1.91. The topological polar surface area (TPSA) is 49.3 Å². The number of carbonyl (C=O) groups is 1. The zero-order valence-corrected chi connectivity index (χ0v) is 15.3. The maximum absolute atomic E-state index is 11.6. The minimum Gasteiger partial charge on any atom is -0.395 e. The van der Waals surface area contributed by atoms with Crippen molar-refractivity contribution in [3.8, 4) is 0 Å². The Kier molecular flexibility index (Phi) is 13.4. The molecule has 0 aromatic carbocycles. The number of unbranched alkanes of at least 4 members (excludes halogenated alkanes) is 1. The molecule has 1 amide bonds. The second-order valence-corrected chi connectivity index (χ2v) is 5.39. The predicted molar refractivity (Wildman–Crippen MR) is 108 cm³/mol. The monoisotopic (exact) mass is 349 g/mol. The molecule has 0 spiro atoms. The minimum absolute atomic E-state index is 0.0733. The molecule has 25 heavy (non-hydrogen) atoms. The lowest BCUT2D eigenvalue weighted by molar-refractivity contribution is -0.121. The molecule has 0 aliphatic carbocycles. The third-order valence-electron chi connectivity index (χ3n) is 3.19. The van der Waals surface area contributed by atoms with Crippen molar-refractivity contribution in [1.82, 2.24) is 5.32 Å². The maximum Gasteiger partial charge on any atom is 0.220 e. The van der Waals surface area contributed by atoms with Gasteiger partial charge in [0.25, 0.3) is 0 Å². The summed E-state index contributed by atoms with van der Waals surface area (Å²) in [6.45, 7) is -3.80. The molecule has 0 fully saturated rings. The van der Waals surface area contributed by atoms with E-state index in [1.165, 1.54) is 0 Å². The molecule has 0 bridgehead atoms. The molecule has 0 aliphatic heterocycles. The standard InChI is InChI=1S/C22H35NO2/c1-2-3-4-5-6-7-8-9-10-11-12-13-14-15-16-17-18-19-22(25)23-20-21-24/h3-4,6-7,9-10,12-13,15-16,24H,2,5,8,11,14,17-21H2,1H3,(H,23,25)/b4-3+,7-6+,10-9+,13-12+,16-15+/i20D2,21D2. The number of rotatable bonds is 15. The molecule has 0 aliphatic rings. The van der Waals surface area contributed by atoms with Gasteiger partial charge in [-0.05, 0) is 44.9 Å². The van der Waals surface area contributed by atoms with Gasteiger partial charge in [-0.15, -0.1) is 0 Å². The molecule has 3 nitrogen and oxygen atoms in total. The lowest BCUT2D eigenvalue weighted by Gasteiger charge is -2.00. The summed E-state index contributed by atoms with van der Waals surface area (Å²) in [6, 6.07) is 0. The molecule has 0 saturated carbocycles. The predicted octanol–water partition coefficient (Wildman–Crippen LogP) is 5.02. The van der Waals surface area contributed by atoms with Gasteiger partial charge in [0.2, 0.25) is 5.91 Å². The normalized spacial score (nSPS) is 16.1. The molecule has 0 aromatic heterocycles. The SMILES string of the molecule is [2H]C([2H])(O)C([2H])([2H])NC(=O)CCC/C=C/C/C=C/C/C=C/C/C=C/C/C=C/CC. The summed E-state index contributed by atoms with van der Waals surface area (Å²) in [4.78, 5) is 11.6. The summed E-state index contributed by atoms with van der Waals surface area (Å²) in [5.74, 6) is -0.625. The van der Waals surface area contributed by atoms with Crippen molar-refractivity contribution < 1.29 is 15.4 Å². The van der Waals surface area contributed by atoms with Crippen LogP contribution in [-0.4, -0.2) is 24.1 Å². The first-order chi connectivity index (χ1) is 13.7. The highest BCUT2D eigenvalue weighted by molar-refractivity contribution is 5.75. The molecule has 2 N–H and O–H groups in total. The van der Waals surface area contributed by atoms with Crippen LogP contribution in [0.15, 0.2) is 60.8 Å². The molecular formula is C22H35NO2. The number of hydrogen-bond acceptors (Lipinski definition) is 2. The van der Waals surface area contributed by atoms with Crippen LogP contribution in [0.2, 0.25) is 0 Å². The summed E-state index contributed by atoms with van der Waals surface area (Å²) in [6.07, 6.45) is 27.1. The summed E-state index contributed by atoms with van der Waals surface area (Å²) in [5.41, 5.74) is 0. The second kappa shape index (κ2) is 20.2. The van der Waals surface area contributed by atoms with E-state index in [1.54, 1.807) is 0 Å². The lowest BCUT2D eigenvalue weighted by Crippen LogP contribution is -2.25. The summed E-state index contributed by atoms with van der Waals surface area (Å²) in [5, 5.41) is 10.9. The first-order valence-electron chi connectivity index (χ1n) is 11.0. The van der Waals surface area contributed by atoms with Gasteiger partial charge in [0.05, 0.1) is 12.0 Å². The van der Waals surface area contributed by atoms with Gasteiger partial charge in [0.1, 0.15) is 0 Å². The Labute approximate surface area is 159 Å². The zero-order valence-electron chi connectivity index (χ0n) is 19.3. The van der Waals surface area contributed by atoms with E-state index in [2.05, 4.69) is 55.5 Å². The van der Waals surface area contributed by atoms with E-state index >= 15 is 0 Å². The highest BCUT2D eigenvalue weighted by atomic mass is 16.3. The average molecular weight is 350 g/mol. The van der Waals surface area contributed by atoms with Crippen molar-refractivity contribution in [2.45, 2.75) is 58.3 Å². The molecule has 0 heterocycles. The Morgan fingerprint density at radius 2 is 1.36 bits per heavy atom. The second-order valence-electron chi connectivity index (χ2n) is 5.39. The number of allylic oxidation sites excluding steroid dienone is 10. The number of hydrogen-bond donors (Lipinski definition) is 2. The number of aliphatic hydroxyl groups is 1. The molecule has 3 heteroatoms. The Bertz CT molecular complexity index is 588. The Balaban J connectivity index is 3.75. The minimum atomic E-state index is -3.12. The van der Waals surface area contributed by atoms with Crippen LogP contribution in [0.25, 0.3) is 0 Å². The van der Waals surface area contributed by atoms with Crippen LogP contribution >= 0.6 is 0 Å². The summed E-state index contributed by atoms with van der Waals surface area (Å²) in [7, 11) is 0. The summed E-state index contributed by atoms with van der Waals surface area (Å²) >= 11 is 0. The van der Waals surface area contributed by atoms with Crippen molar-refractivity contribution in [2.24, 2.45) is 0 Å². The van der Waals surface area contributed by atoms with Gasteiger partial charge in [0.15, 0.2) is 0 Å². The van der Waals surface area contributed by atoms with E-state index in [-0.39, 0.29) is 6.42 Å². The fourth-order valence-corrected chi connectivity index (χ4v) is 1.91. The molecule has 0 unspecified atom stereocenters. The van der Waals surface area contributed by atoms with Crippen molar-refractivity contribution in [2.75, 3.05) is 13.1 Å². The summed E-state index contributed by atoms with van der Waals surface area (Å²) < 4.78 is 28.5. The van der Waals surface area contributed by atoms with Crippen molar-refractivity contribution in [3.05, 3.63) is 60.8 Å². The van der Waals surface area contributed by atoms with E-state index < -0.39 is 19.0 Å². The molecule has 0 rings (SSSR count). The van der Waals surface area contributed by atoms with Crippen LogP contribution in [0.4, 0.5) is 0 Å². The van der Waals surface area contributed by atoms with Gasteiger partial charge in [-0.1, -0.05) is 67.7 Å². The first kappa shape index (κ1) is 16.6. The van der Waals surface area contributed by atoms with Gasteiger partial charge in [-0.3, -0.25) is 4.79 Å². The van der Waals surface area contributed by atoms with Crippen molar-refractivity contribution in [3.63, 3.8) is 0 Å². The Hall–Kier alpha value is -1.87. The van der Waals surface area contributed by atoms with Crippen molar-refractivity contribution in [1.29, 1.82) is 0 Å². The van der Waals surface area contributed by atoms with E-state index in [9.17, 15) is 4.79 Å². The van der Waals surface area contributed by atoms with Crippen molar-refractivity contribution >= 4 is 5.91 Å². The molecular weight excluding hydrogens is 310 g/mol. The zero-order chi connectivity index (χ0) is 22.0. The van der Waals surface area contributed by atoms with Gasteiger partial charge in [-0.25, -0.2) is 0 Å². The molecule has 0 radical (unpaired) electrons. The van der Waals surface area contributed by atoms with Crippen LogP contribution in [-0.2, 0) is 4.79 Å². The Morgan fingerprint density at radius 1 is 0.880 bits per heavy atom. The van der Waals surface area contributed by atoms with E-state index in [4.69, 9.17) is 10.6 Å². The number of carbonyl (C=O) groups excluding carboxylic acids is 1. The van der Waals surface area contributed by atoms with Gasteiger partial charge < -0.3 is 10.4 Å². The third kappa shape index (κ3) is 20.1. The average Bonchev–Trinajstić information content (AvgIpc) is 2.63. The smallest absolute Gasteiger partial charge is 0.220 e. The van der Waals surface area contributed by atoms with Crippen LogP contribution in [0.5, 0.6) is 0 Å². The van der Waals surface area contributed by atoms with Gasteiger partial charge in [0, 0.05) is 12.9 Å². The third-order valence-corrected chi connectivity index (χ3v) is 3.19. The van der Waals surface area contributed by atoms with E-state index in [0.29, 0.717) is 12.8 Å². The number of amides is 1. The van der Waals surface area contributed by atoms with Crippen LogP contribution in [0.1, 0.15) is 63.8 Å². The quantitative estimate of drug-likeness (QED) is 0.322. The van der Waals surface area contributed by atoms with Crippen LogP contribution < -0.4 is 5.32 Å². The lowest BCUT2D eigenvalue weighted by atomic mass is 10.2. The highest BCUT2D eigenvalue weighted by Crippen LogP contribution is 1.99. The first-order valence-corrected chi connectivity index (χ1v) is 8.99. The van der Waals surface area contributed by atoms with Gasteiger partial charge in [-0.2, -0.15) is 0 Å². The maximum atomic E-state index is 11.6. The molecule has 0 saturated heterocycles. The van der Waals surface area contributed by atoms with Gasteiger partial charge >= 0.3 is 0 Å². The molecule has 0 aromatic rings. The molecule has 0 atom stereocenters. The largest absolute Gasteiger partial charge is 0.395 e. The Morgan fingerprint density at radius 3 is 1.84 bits per heavy atom. The van der Waals surface area contributed by atoms with E-state index in [1.807, 2.05) is 17.5 Å². The highest BCUT2D eigenvalue weighted by Gasteiger charge is 1.97. The van der Waals surface area contributed by atoms with Crippen LogP contribution in [0.3, 0.4) is 0 Å². The number of nitrogens with one attached hydrogen (secondary N) is 1.